The maximum Gasteiger partial charge on any atom is 0.248 e. The summed E-state index contributed by atoms with van der Waals surface area (Å²) in [5.74, 6) is 1.39. The minimum atomic E-state index is -0.164. The number of thiophene rings is 1. The van der Waals surface area contributed by atoms with Gasteiger partial charge in [-0.15, -0.1) is 11.3 Å². The molecule has 0 bridgehead atoms. The van der Waals surface area contributed by atoms with Crippen LogP contribution in [0.1, 0.15) is 4.88 Å². The Bertz CT molecular complexity index is 827. The Kier molecular flexibility index (Phi) is 6.45. The third-order valence-corrected chi connectivity index (χ3v) is 4.27. The predicted octanol–water partition coefficient (Wildman–Crippen LogP) is 4.86. The second-order valence-corrected chi connectivity index (χ2v) is 6.35. The highest BCUT2D eigenvalue weighted by Crippen LogP contribution is 2.16. The molecule has 1 N–H and O–H groups in total. The molecule has 0 radical (unpaired) electrons. The molecule has 4 nitrogen and oxygen atoms in total. The zero-order valence-corrected chi connectivity index (χ0v) is 14.9. The fourth-order valence-corrected chi connectivity index (χ4v) is 2.82. The molecular weight excluding hydrogens is 346 g/mol. The van der Waals surface area contributed by atoms with Gasteiger partial charge in [0.2, 0.25) is 5.91 Å². The molecule has 5 heteroatoms. The van der Waals surface area contributed by atoms with Crippen LogP contribution in [0.3, 0.4) is 0 Å². The monoisotopic (exact) mass is 365 g/mol. The van der Waals surface area contributed by atoms with E-state index in [1.54, 1.807) is 17.4 Å². The van der Waals surface area contributed by atoms with Crippen LogP contribution in [0.5, 0.6) is 11.5 Å². The van der Waals surface area contributed by atoms with Gasteiger partial charge in [0.05, 0.1) is 0 Å². The molecule has 0 aliphatic carbocycles. The third kappa shape index (κ3) is 5.79. The summed E-state index contributed by atoms with van der Waals surface area (Å²) in [4.78, 5) is 12.9. The molecule has 0 fully saturated rings. The maximum absolute atomic E-state index is 11.9. The van der Waals surface area contributed by atoms with Crippen LogP contribution >= 0.6 is 11.3 Å². The van der Waals surface area contributed by atoms with Crippen molar-refractivity contribution >= 4 is 29.0 Å². The Morgan fingerprint density at radius 3 is 2.23 bits per heavy atom. The quantitative estimate of drug-likeness (QED) is 0.458. The van der Waals surface area contributed by atoms with Gasteiger partial charge >= 0.3 is 0 Å². The van der Waals surface area contributed by atoms with E-state index in [1.165, 1.54) is 6.08 Å². The van der Waals surface area contributed by atoms with E-state index in [0.717, 1.165) is 22.1 Å². The van der Waals surface area contributed by atoms with Crippen molar-refractivity contribution in [3.8, 4) is 11.5 Å². The summed E-state index contributed by atoms with van der Waals surface area (Å²) >= 11 is 1.59. The van der Waals surface area contributed by atoms with Gasteiger partial charge in [-0.1, -0.05) is 24.3 Å². The summed E-state index contributed by atoms with van der Waals surface area (Å²) in [6.07, 6.45) is 3.32. The van der Waals surface area contributed by atoms with Crippen LogP contribution in [0, 0.1) is 0 Å². The molecule has 1 heterocycles. The van der Waals surface area contributed by atoms with Crippen molar-refractivity contribution in [3.05, 3.63) is 83.1 Å². The highest BCUT2D eigenvalue weighted by atomic mass is 32.1. The van der Waals surface area contributed by atoms with Gasteiger partial charge in [0.1, 0.15) is 24.7 Å². The smallest absolute Gasteiger partial charge is 0.248 e. The molecule has 26 heavy (non-hydrogen) atoms. The molecule has 0 aliphatic rings. The van der Waals surface area contributed by atoms with Crippen LogP contribution in [0.2, 0.25) is 0 Å². The van der Waals surface area contributed by atoms with E-state index in [9.17, 15) is 4.79 Å². The van der Waals surface area contributed by atoms with E-state index in [-0.39, 0.29) is 5.91 Å². The molecule has 0 aliphatic heterocycles. The van der Waals surface area contributed by atoms with E-state index in [0.29, 0.717) is 13.2 Å². The molecule has 3 rings (SSSR count). The lowest BCUT2D eigenvalue weighted by molar-refractivity contribution is -0.111. The average Bonchev–Trinajstić information content (AvgIpc) is 3.19. The standard InChI is InChI=1S/C21H19NO3S/c23-21(13-12-20-7-4-16-26-20)22-17-8-10-19(11-9-17)25-15-14-24-18-5-2-1-3-6-18/h1-13,16H,14-15H2,(H,22,23). The van der Waals surface area contributed by atoms with Crippen molar-refractivity contribution in [1.82, 2.24) is 0 Å². The second-order valence-electron chi connectivity index (χ2n) is 5.37. The number of ether oxygens (including phenoxy) is 2. The van der Waals surface area contributed by atoms with E-state index in [2.05, 4.69) is 5.32 Å². The zero-order chi connectivity index (χ0) is 18.0. The van der Waals surface area contributed by atoms with Crippen molar-refractivity contribution in [2.24, 2.45) is 0 Å². The normalized spacial score (nSPS) is 10.6. The molecule has 132 valence electrons. The minimum Gasteiger partial charge on any atom is -0.490 e. The first kappa shape index (κ1) is 17.8. The number of hydrogen-bond acceptors (Lipinski definition) is 4. The minimum absolute atomic E-state index is 0.164. The lowest BCUT2D eigenvalue weighted by Crippen LogP contribution is -2.09. The van der Waals surface area contributed by atoms with Crippen LogP contribution in [0.15, 0.2) is 78.2 Å². The Hall–Kier alpha value is -3.05. The van der Waals surface area contributed by atoms with Crippen molar-refractivity contribution in [3.63, 3.8) is 0 Å². The molecule has 0 spiro atoms. The van der Waals surface area contributed by atoms with Crippen LogP contribution in [0.25, 0.3) is 6.08 Å². The second kappa shape index (κ2) is 9.44. The van der Waals surface area contributed by atoms with E-state index < -0.39 is 0 Å². The number of benzene rings is 2. The molecule has 1 aromatic heterocycles. The van der Waals surface area contributed by atoms with Gasteiger partial charge in [-0.3, -0.25) is 4.79 Å². The maximum atomic E-state index is 11.9. The van der Waals surface area contributed by atoms with Crippen LogP contribution in [0.4, 0.5) is 5.69 Å². The van der Waals surface area contributed by atoms with Crippen molar-refractivity contribution in [2.45, 2.75) is 0 Å². The molecule has 0 unspecified atom stereocenters. The Labute approximate surface area is 156 Å². The summed E-state index contributed by atoms with van der Waals surface area (Å²) in [6, 6.07) is 20.8. The van der Waals surface area contributed by atoms with Gasteiger partial charge < -0.3 is 14.8 Å². The Balaban J connectivity index is 1.41. The molecule has 2 aromatic carbocycles. The fourth-order valence-electron chi connectivity index (χ4n) is 2.20. The molecule has 0 saturated heterocycles. The van der Waals surface area contributed by atoms with Gasteiger partial charge in [0.15, 0.2) is 0 Å². The van der Waals surface area contributed by atoms with E-state index in [1.807, 2.05) is 72.1 Å². The van der Waals surface area contributed by atoms with Crippen LogP contribution < -0.4 is 14.8 Å². The number of nitrogens with one attached hydrogen (secondary N) is 1. The molecule has 0 saturated carbocycles. The topological polar surface area (TPSA) is 47.6 Å². The molecular formula is C21H19NO3S. The average molecular weight is 365 g/mol. The van der Waals surface area contributed by atoms with Gasteiger partial charge in [-0.25, -0.2) is 0 Å². The van der Waals surface area contributed by atoms with Crippen LogP contribution in [-0.2, 0) is 4.79 Å². The lowest BCUT2D eigenvalue weighted by Gasteiger charge is -2.09. The van der Waals surface area contributed by atoms with Gasteiger partial charge in [-0.05, 0) is 53.9 Å². The summed E-state index contributed by atoms with van der Waals surface area (Å²) in [6.45, 7) is 0.917. The van der Waals surface area contributed by atoms with E-state index >= 15 is 0 Å². The highest BCUT2D eigenvalue weighted by Gasteiger charge is 2.00. The zero-order valence-electron chi connectivity index (χ0n) is 14.1. The number of hydrogen-bond donors (Lipinski definition) is 1. The Morgan fingerprint density at radius 2 is 1.58 bits per heavy atom. The van der Waals surface area contributed by atoms with Crippen molar-refractivity contribution in [1.29, 1.82) is 0 Å². The number of amides is 1. The summed E-state index contributed by atoms with van der Waals surface area (Å²) in [7, 11) is 0. The van der Waals surface area contributed by atoms with E-state index in [4.69, 9.17) is 9.47 Å². The molecule has 1 amide bonds. The molecule has 3 aromatic rings. The Morgan fingerprint density at radius 1 is 0.885 bits per heavy atom. The summed E-state index contributed by atoms with van der Waals surface area (Å²) in [5.41, 5.74) is 0.721. The summed E-state index contributed by atoms with van der Waals surface area (Å²) < 4.78 is 11.2. The first-order chi connectivity index (χ1) is 12.8. The number of carbonyl (C=O) groups excluding carboxylic acids is 1. The van der Waals surface area contributed by atoms with Crippen LogP contribution in [-0.4, -0.2) is 19.1 Å². The van der Waals surface area contributed by atoms with Gasteiger partial charge in [-0.2, -0.15) is 0 Å². The first-order valence-electron chi connectivity index (χ1n) is 8.23. The highest BCUT2D eigenvalue weighted by molar-refractivity contribution is 7.10. The van der Waals surface area contributed by atoms with Gasteiger partial charge in [0.25, 0.3) is 0 Å². The van der Waals surface area contributed by atoms with Gasteiger partial charge in [0, 0.05) is 16.6 Å². The lowest BCUT2D eigenvalue weighted by atomic mass is 10.3. The fraction of sp³-hybridized carbons (Fsp3) is 0.0952. The number of carbonyl (C=O) groups is 1. The largest absolute Gasteiger partial charge is 0.490 e. The summed E-state index contributed by atoms with van der Waals surface area (Å²) in [5, 5.41) is 4.79. The molecule has 0 atom stereocenters. The predicted molar refractivity (Wildman–Crippen MR) is 106 cm³/mol. The van der Waals surface area contributed by atoms with Crippen molar-refractivity contribution in [2.75, 3.05) is 18.5 Å². The SMILES string of the molecule is O=C(C=Cc1cccs1)Nc1ccc(OCCOc2ccccc2)cc1. The van der Waals surface area contributed by atoms with Crippen molar-refractivity contribution < 1.29 is 14.3 Å². The number of anilines is 1. The first-order valence-corrected chi connectivity index (χ1v) is 9.11. The number of rotatable bonds is 8. The number of para-hydroxylation sites is 1. The third-order valence-electron chi connectivity index (χ3n) is 3.43.